The average Bonchev–Trinajstić information content (AvgIpc) is 2.70. The van der Waals surface area contributed by atoms with E-state index in [0.29, 0.717) is 11.4 Å². The van der Waals surface area contributed by atoms with E-state index in [-0.39, 0.29) is 11.4 Å². The lowest BCUT2D eigenvalue weighted by Gasteiger charge is -2.25. The molecule has 2 aromatic rings. The molecular formula is C25H32F3N3S. The molecule has 2 unspecified atom stereocenters. The zero-order chi connectivity index (χ0) is 24.1. The van der Waals surface area contributed by atoms with Gasteiger partial charge in [-0.3, -0.25) is 10.3 Å². The van der Waals surface area contributed by atoms with Crippen LogP contribution in [0.1, 0.15) is 46.9 Å². The molecule has 0 aliphatic heterocycles. The van der Waals surface area contributed by atoms with Crippen molar-refractivity contribution in [3.8, 4) is 0 Å². The summed E-state index contributed by atoms with van der Waals surface area (Å²) in [6, 6.07) is 11.7. The molecule has 2 N–H and O–H groups in total. The number of aliphatic imine (C=N–C) groups is 1. The SMILES string of the molecule is C=C(Nc1ccc(C)cc1C(SC/C(C)=N/C(C)NC)c1ccc(C)cc1C)C(F)(F)F. The number of hydrogen-bond donors (Lipinski definition) is 2. The van der Waals surface area contributed by atoms with Crippen molar-refractivity contribution in [2.45, 2.75) is 52.2 Å². The maximum atomic E-state index is 13.2. The monoisotopic (exact) mass is 463 g/mol. The average molecular weight is 464 g/mol. The number of thioether (sulfide) groups is 1. The maximum Gasteiger partial charge on any atom is 0.430 e. The van der Waals surface area contributed by atoms with Crippen LogP contribution in [0.2, 0.25) is 0 Å². The number of benzene rings is 2. The van der Waals surface area contributed by atoms with E-state index >= 15 is 0 Å². The van der Waals surface area contributed by atoms with Crippen LogP contribution in [0, 0.1) is 20.8 Å². The number of rotatable bonds is 9. The Morgan fingerprint density at radius 3 is 2.28 bits per heavy atom. The summed E-state index contributed by atoms with van der Waals surface area (Å²) in [5.74, 6) is 0.650. The Kier molecular flexibility index (Phi) is 8.98. The number of halogens is 3. The lowest BCUT2D eigenvalue weighted by Crippen LogP contribution is -2.20. The molecule has 0 heterocycles. The predicted octanol–water partition coefficient (Wildman–Crippen LogP) is 6.95. The van der Waals surface area contributed by atoms with Crippen molar-refractivity contribution in [2.24, 2.45) is 4.99 Å². The molecule has 0 bridgehead atoms. The van der Waals surface area contributed by atoms with Crippen LogP contribution >= 0.6 is 11.8 Å². The number of nitrogens with zero attached hydrogens (tertiary/aromatic N) is 1. The molecule has 2 rings (SSSR count). The zero-order valence-electron chi connectivity index (χ0n) is 19.5. The van der Waals surface area contributed by atoms with E-state index in [2.05, 4.69) is 34.3 Å². The minimum absolute atomic E-state index is 0.00136. The fraction of sp³-hybridized carbons (Fsp3) is 0.400. The first kappa shape index (κ1) is 26.0. The van der Waals surface area contributed by atoms with E-state index < -0.39 is 11.9 Å². The molecule has 2 aromatic carbocycles. The van der Waals surface area contributed by atoms with Gasteiger partial charge in [0.05, 0.1) is 11.4 Å². The molecule has 32 heavy (non-hydrogen) atoms. The van der Waals surface area contributed by atoms with Gasteiger partial charge >= 0.3 is 6.18 Å². The van der Waals surface area contributed by atoms with Crippen LogP contribution in [0.15, 0.2) is 53.7 Å². The van der Waals surface area contributed by atoms with Crippen LogP contribution in [0.3, 0.4) is 0 Å². The Hall–Kier alpha value is -2.25. The van der Waals surface area contributed by atoms with Crippen LogP contribution in [0.5, 0.6) is 0 Å². The van der Waals surface area contributed by atoms with E-state index in [1.54, 1.807) is 23.9 Å². The van der Waals surface area contributed by atoms with Gasteiger partial charge < -0.3 is 5.32 Å². The van der Waals surface area contributed by atoms with Crippen LogP contribution in [-0.4, -0.2) is 30.9 Å². The molecule has 0 amide bonds. The van der Waals surface area contributed by atoms with Gasteiger partial charge in [-0.25, -0.2) is 0 Å². The highest BCUT2D eigenvalue weighted by atomic mass is 32.2. The van der Waals surface area contributed by atoms with Crippen molar-refractivity contribution in [3.05, 3.63) is 76.5 Å². The van der Waals surface area contributed by atoms with E-state index in [9.17, 15) is 13.2 Å². The molecule has 0 aliphatic carbocycles. The second-order valence-electron chi connectivity index (χ2n) is 8.07. The smallest absolute Gasteiger partial charge is 0.352 e. The quantitative estimate of drug-likeness (QED) is 0.395. The molecule has 0 saturated carbocycles. The van der Waals surface area contributed by atoms with Crippen LogP contribution in [0.4, 0.5) is 18.9 Å². The third-order valence-electron chi connectivity index (χ3n) is 5.12. The highest BCUT2D eigenvalue weighted by molar-refractivity contribution is 8.00. The molecule has 0 aromatic heterocycles. The van der Waals surface area contributed by atoms with Gasteiger partial charge in [0.15, 0.2) is 0 Å². The molecule has 0 spiro atoms. The standard InChI is InChI=1S/C25H32F3N3S/c1-15-8-10-21(17(3)12-15)24(32-14-18(4)30-20(6)29-7)22-13-16(2)9-11-23(22)31-19(5)25(26,27)28/h8-13,20,24,29,31H,5,14H2,1-4,6-7H3/b30-18+. The summed E-state index contributed by atoms with van der Waals surface area (Å²) in [6.45, 7) is 13.1. The van der Waals surface area contributed by atoms with Gasteiger partial charge in [0.1, 0.15) is 5.70 Å². The second kappa shape index (κ2) is 11.1. The highest BCUT2D eigenvalue weighted by Gasteiger charge is 2.33. The Morgan fingerprint density at radius 2 is 1.69 bits per heavy atom. The van der Waals surface area contributed by atoms with Crippen molar-refractivity contribution >= 4 is 23.2 Å². The predicted molar refractivity (Wildman–Crippen MR) is 132 cm³/mol. The number of anilines is 1. The van der Waals surface area contributed by atoms with Gasteiger partial charge in [-0.05, 0) is 64.4 Å². The van der Waals surface area contributed by atoms with E-state index in [0.717, 1.165) is 33.5 Å². The first-order valence-corrected chi connectivity index (χ1v) is 11.5. The van der Waals surface area contributed by atoms with Gasteiger partial charge in [0.2, 0.25) is 0 Å². The molecule has 2 atom stereocenters. The Bertz CT molecular complexity index is 983. The van der Waals surface area contributed by atoms with Crippen LogP contribution in [-0.2, 0) is 0 Å². The van der Waals surface area contributed by atoms with Crippen molar-refractivity contribution in [1.29, 1.82) is 0 Å². The number of nitrogens with one attached hydrogen (secondary N) is 2. The summed E-state index contributed by atoms with van der Waals surface area (Å²) in [6.07, 6.45) is -4.52. The van der Waals surface area contributed by atoms with E-state index in [4.69, 9.17) is 0 Å². The van der Waals surface area contributed by atoms with E-state index in [1.165, 1.54) is 0 Å². The van der Waals surface area contributed by atoms with Crippen molar-refractivity contribution in [2.75, 3.05) is 18.1 Å². The fourth-order valence-electron chi connectivity index (χ4n) is 3.35. The minimum Gasteiger partial charge on any atom is -0.352 e. The van der Waals surface area contributed by atoms with Gasteiger partial charge in [0.25, 0.3) is 0 Å². The summed E-state index contributed by atoms with van der Waals surface area (Å²) < 4.78 is 39.6. The topological polar surface area (TPSA) is 36.4 Å². The minimum atomic E-state index is -4.52. The normalized spacial score (nSPS) is 14.2. The third-order valence-corrected chi connectivity index (χ3v) is 6.54. The number of alkyl halides is 3. The molecule has 0 radical (unpaired) electrons. The Balaban J connectivity index is 2.53. The summed E-state index contributed by atoms with van der Waals surface area (Å²) in [7, 11) is 1.85. The van der Waals surface area contributed by atoms with Gasteiger partial charge in [-0.1, -0.05) is 48.0 Å². The Morgan fingerprint density at radius 1 is 1.06 bits per heavy atom. The lowest BCUT2D eigenvalue weighted by atomic mass is 9.96. The maximum absolute atomic E-state index is 13.2. The van der Waals surface area contributed by atoms with Crippen molar-refractivity contribution in [1.82, 2.24) is 5.32 Å². The van der Waals surface area contributed by atoms with Gasteiger partial charge in [-0.2, -0.15) is 13.2 Å². The summed E-state index contributed by atoms with van der Waals surface area (Å²) in [4.78, 5) is 4.62. The second-order valence-corrected chi connectivity index (χ2v) is 9.17. The van der Waals surface area contributed by atoms with Crippen LogP contribution in [0.25, 0.3) is 0 Å². The van der Waals surface area contributed by atoms with Gasteiger partial charge in [0, 0.05) is 17.2 Å². The lowest BCUT2D eigenvalue weighted by molar-refractivity contribution is -0.0898. The number of aryl methyl sites for hydroxylation is 3. The van der Waals surface area contributed by atoms with Crippen molar-refractivity contribution < 1.29 is 13.2 Å². The Labute approximate surface area is 193 Å². The third kappa shape index (κ3) is 7.14. The van der Waals surface area contributed by atoms with E-state index in [1.807, 2.05) is 53.8 Å². The summed E-state index contributed by atoms with van der Waals surface area (Å²) in [5, 5.41) is 5.43. The summed E-state index contributed by atoms with van der Waals surface area (Å²) in [5.41, 5.74) is 5.48. The molecule has 7 heteroatoms. The molecule has 0 aliphatic rings. The highest BCUT2D eigenvalue weighted by Crippen LogP contribution is 2.42. The fourth-order valence-corrected chi connectivity index (χ4v) is 4.65. The molecular weight excluding hydrogens is 431 g/mol. The summed E-state index contributed by atoms with van der Waals surface area (Å²) >= 11 is 1.66. The molecule has 3 nitrogen and oxygen atoms in total. The van der Waals surface area contributed by atoms with Crippen molar-refractivity contribution in [3.63, 3.8) is 0 Å². The number of hydrogen-bond acceptors (Lipinski definition) is 4. The first-order valence-electron chi connectivity index (χ1n) is 10.4. The molecule has 0 saturated heterocycles. The van der Waals surface area contributed by atoms with Gasteiger partial charge in [-0.15, -0.1) is 11.8 Å². The number of allylic oxidation sites excluding steroid dienone is 1. The zero-order valence-corrected chi connectivity index (χ0v) is 20.3. The first-order chi connectivity index (χ1) is 14.9. The van der Waals surface area contributed by atoms with Crippen LogP contribution < -0.4 is 10.6 Å². The largest absolute Gasteiger partial charge is 0.430 e. The molecule has 0 fully saturated rings. The molecule has 174 valence electrons.